The van der Waals surface area contributed by atoms with Gasteiger partial charge in [0, 0.05) is 7.05 Å². The zero-order chi connectivity index (χ0) is 11.3. The van der Waals surface area contributed by atoms with E-state index < -0.39 is 10.2 Å². The maximum absolute atomic E-state index is 11.1. The van der Waals surface area contributed by atoms with Crippen molar-refractivity contribution in [3.05, 3.63) is 11.1 Å². The fourth-order valence-corrected chi connectivity index (χ4v) is 2.11. The van der Waals surface area contributed by atoms with Crippen molar-refractivity contribution in [2.24, 2.45) is 5.73 Å². The van der Waals surface area contributed by atoms with Gasteiger partial charge in [-0.25, -0.2) is 14.4 Å². The Balaban J connectivity index is 2.77. The summed E-state index contributed by atoms with van der Waals surface area (Å²) in [7, 11) is -2.19. The van der Waals surface area contributed by atoms with Crippen molar-refractivity contribution in [3.63, 3.8) is 0 Å². The molecule has 1 rings (SSSR count). The van der Waals surface area contributed by atoms with Gasteiger partial charge < -0.3 is 5.73 Å². The predicted molar refractivity (Wildman–Crippen MR) is 59.6 cm³/mol. The van der Waals surface area contributed by atoms with Crippen LogP contribution in [0.2, 0.25) is 0 Å². The number of hydrogen-bond acceptors (Lipinski definition) is 5. The smallest absolute Gasteiger partial charge is 0.300 e. The second-order valence-corrected chi connectivity index (χ2v) is 5.00. The van der Waals surface area contributed by atoms with E-state index in [1.54, 1.807) is 0 Å². The molecule has 0 atom stereocenters. The van der Waals surface area contributed by atoms with Crippen LogP contribution in [0, 0.1) is 11.8 Å². The molecule has 0 aliphatic carbocycles. The fourth-order valence-electron chi connectivity index (χ4n) is 0.683. The number of thiazole rings is 1. The van der Waals surface area contributed by atoms with Crippen molar-refractivity contribution in [2.75, 3.05) is 18.3 Å². The molecule has 82 valence electrons. The Labute approximate surface area is 92.1 Å². The molecule has 4 N–H and O–H groups in total. The van der Waals surface area contributed by atoms with Gasteiger partial charge in [0.25, 0.3) is 0 Å². The van der Waals surface area contributed by atoms with Gasteiger partial charge in [0.15, 0.2) is 5.13 Å². The summed E-state index contributed by atoms with van der Waals surface area (Å²) in [5.41, 5.74) is 5.20. The van der Waals surface area contributed by atoms with Crippen molar-refractivity contribution >= 4 is 26.7 Å². The van der Waals surface area contributed by atoms with Crippen LogP contribution < -0.4 is 15.2 Å². The van der Waals surface area contributed by atoms with Gasteiger partial charge >= 0.3 is 10.2 Å². The van der Waals surface area contributed by atoms with E-state index in [2.05, 4.69) is 26.3 Å². The highest BCUT2D eigenvalue weighted by atomic mass is 32.2. The topological polar surface area (TPSA) is 97.1 Å². The van der Waals surface area contributed by atoms with Crippen LogP contribution >= 0.6 is 11.3 Å². The lowest BCUT2D eigenvalue weighted by Crippen LogP contribution is -2.26. The zero-order valence-electron chi connectivity index (χ0n) is 7.94. The first kappa shape index (κ1) is 11.9. The van der Waals surface area contributed by atoms with Crippen LogP contribution in [0.15, 0.2) is 6.20 Å². The zero-order valence-corrected chi connectivity index (χ0v) is 9.58. The van der Waals surface area contributed by atoms with Gasteiger partial charge in [0.1, 0.15) is 0 Å². The van der Waals surface area contributed by atoms with Crippen molar-refractivity contribution < 1.29 is 8.42 Å². The molecule has 0 saturated carbocycles. The molecule has 0 spiro atoms. The van der Waals surface area contributed by atoms with E-state index in [-0.39, 0.29) is 11.7 Å². The van der Waals surface area contributed by atoms with Crippen LogP contribution in [0.5, 0.6) is 0 Å². The third-order valence-electron chi connectivity index (χ3n) is 1.31. The minimum atomic E-state index is -3.50. The lowest BCUT2D eigenvalue weighted by atomic mass is 10.5. The Kier molecular flexibility index (Phi) is 4.05. The van der Waals surface area contributed by atoms with Crippen LogP contribution in [0.4, 0.5) is 5.13 Å². The van der Waals surface area contributed by atoms with Crippen molar-refractivity contribution in [3.8, 4) is 11.8 Å². The monoisotopic (exact) mass is 246 g/mol. The molecule has 6 nitrogen and oxygen atoms in total. The van der Waals surface area contributed by atoms with E-state index in [4.69, 9.17) is 5.73 Å². The Hall–Kier alpha value is -1.14. The summed E-state index contributed by atoms with van der Waals surface area (Å²) < 4.78 is 26.5. The number of anilines is 1. The molecule has 0 radical (unpaired) electrons. The minimum Gasteiger partial charge on any atom is -0.320 e. The molecule has 0 saturated heterocycles. The summed E-state index contributed by atoms with van der Waals surface area (Å²) >= 11 is 1.14. The number of nitrogens with one attached hydrogen (secondary N) is 2. The highest BCUT2D eigenvalue weighted by Crippen LogP contribution is 2.17. The number of nitrogens with two attached hydrogens (primary N) is 1. The molecule has 0 aromatic carbocycles. The van der Waals surface area contributed by atoms with Crippen molar-refractivity contribution in [1.29, 1.82) is 0 Å². The summed E-state index contributed by atoms with van der Waals surface area (Å²) in [6.45, 7) is 0.259. The van der Waals surface area contributed by atoms with Crippen LogP contribution in [-0.4, -0.2) is 27.0 Å². The fraction of sp³-hybridized carbons (Fsp3) is 0.286. The number of hydrogen-bond donors (Lipinski definition) is 3. The SMILES string of the molecule is CNS(=O)(=O)Nc1ncc(C#CCN)s1. The Morgan fingerprint density at radius 3 is 3.00 bits per heavy atom. The number of aromatic nitrogens is 1. The minimum absolute atomic E-state index is 0.259. The molecule has 0 unspecified atom stereocenters. The van der Waals surface area contributed by atoms with Gasteiger partial charge in [0.05, 0.1) is 17.6 Å². The molecule has 0 aliphatic heterocycles. The van der Waals surface area contributed by atoms with Gasteiger partial charge in [-0.3, -0.25) is 0 Å². The second-order valence-electron chi connectivity index (χ2n) is 2.35. The molecule has 1 aromatic heterocycles. The first-order chi connectivity index (χ1) is 7.07. The van der Waals surface area contributed by atoms with Crippen LogP contribution in [0.3, 0.4) is 0 Å². The second kappa shape index (κ2) is 5.09. The normalized spacial score (nSPS) is 10.5. The molecular formula is C7H10N4O2S2. The van der Waals surface area contributed by atoms with Crippen LogP contribution in [0.1, 0.15) is 4.88 Å². The Bertz CT molecular complexity index is 483. The van der Waals surface area contributed by atoms with Crippen molar-refractivity contribution in [1.82, 2.24) is 9.71 Å². The standard InChI is InChI=1S/C7H10N4O2S2/c1-9-15(12,13)11-7-10-5-6(14-7)3-2-4-8/h5,9H,4,8H2,1H3,(H,10,11). The third kappa shape index (κ3) is 3.85. The van der Waals surface area contributed by atoms with E-state index in [0.29, 0.717) is 4.88 Å². The average molecular weight is 246 g/mol. The summed E-state index contributed by atoms with van der Waals surface area (Å²) in [6.07, 6.45) is 1.49. The summed E-state index contributed by atoms with van der Waals surface area (Å²) in [5.74, 6) is 5.40. The molecule has 0 bridgehead atoms. The quantitative estimate of drug-likeness (QED) is 0.616. The van der Waals surface area contributed by atoms with Crippen LogP contribution in [0.25, 0.3) is 0 Å². The Morgan fingerprint density at radius 2 is 2.40 bits per heavy atom. The van der Waals surface area contributed by atoms with Gasteiger partial charge in [-0.05, 0) is 0 Å². The van der Waals surface area contributed by atoms with Crippen LogP contribution in [-0.2, 0) is 10.2 Å². The number of rotatable bonds is 3. The van der Waals surface area contributed by atoms with E-state index >= 15 is 0 Å². The van der Waals surface area contributed by atoms with Gasteiger partial charge in [0.2, 0.25) is 0 Å². The van der Waals surface area contributed by atoms with E-state index in [1.807, 2.05) is 0 Å². The molecule has 8 heteroatoms. The maximum atomic E-state index is 11.1. The Morgan fingerprint density at radius 1 is 1.67 bits per heavy atom. The predicted octanol–water partition coefficient (Wildman–Crippen LogP) is -0.671. The summed E-state index contributed by atoms with van der Waals surface area (Å²) in [4.78, 5) is 4.51. The van der Waals surface area contributed by atoms with Gasteiger partial charge in [-0.1, -0.05) is 23.2 Å². The molecule has 15 heavy (non-hydrogen) atoms. The lowest BCUT2D eigenvalue weighted by molar-refractivity contribution is 0.593. The summed E-state index contributed by atoms with van der Waals surface area (Å²) in [6, 6.07) is 0. The molecule has 1 aromatic rings. The van der Waals surface area contributed by atoms with E-state index in [1.165, 1.54) is 13.2 Å². The number of nitrogens with zero attached hydrogens (tertiary/aromatic N) is 1. The van der Waals surface area contributed by atoms with Gasteiger partial charge in [-0.2, -0.15) is 8.42 Å². The van der Waals surface area contributed by atoms with Gasteiger partial charge in [-0.15, -0.1) is 0 Å². The first-order valence-electron chi connectivity index (χ1n) is 3.93. The molecule has 0 amide bonds. The molecular weight excluding hydrogens is 236 g/mol. The van der Waals surface area contributed by atoms with E-state index in [9.17, 15) is 8.42 Å². The first-order valence-corrected chi connectivity index (χ1v) is 6.23. The third-order valence-corrected chi connectivity index (χ3v) is 3.27. The average Bonchev–Trinajstić information content (AvgIpc) is 2.62. The van der Waals surface area contributed by atoms with E-state index in [0.717, 1.165) is 11.3 Å². The molecule has 0 aliphatic rings. The summed E-state index contributed by atoms with van der Waals surface area (Å²) in [5, 5.41) is 0.269. The maximum Gasteiger partial charge on any atom is 0.300 e. The molecule has 1 heterocycles. The van der Waals surface area contributed by atoms with Crippen molar-refractivity contribution in [2.45, 2.75) is 0 Å². The highest BCUT2D eigenvalue weighted by molar-refractivity contribution is 7.91. The highest BCUT2D eigenvalue weighted by Gasteiger charge is 2.08. The lowest BCUT2D eigenvalue weighted by Gasteiger charge is -2.00. The molecule has 0 fully saturated rings. The largest absolute Gasteiger partial charge is 0.320 e.